The number of hydrogen-bond donors (Lipinski definition) is 1. The number of amides is 1. The van der Waals surface area contributed by atoms with Crippen molar-refractivity contribution < 1.29 is 13.9 Å². The zero-order chi connectivity index (χ0) is 18.8. The number of benzene rings is 3. The number of carbonyl (C=O) groups is 1. The Labute approximate surface area is 160 Å². The van der Waals surface area contributed by atoms with E-state index in [4.69, 9.17) is 20.8 Å². The standard InChI is InChI=1S/C21H15ClN2O3/c1-26-17-8-9-19-18(12-17)24-21(27-19)14-5-3-7-16(11-14)23-20(25)13-4-2-6-15(22)10-13/h2-12H,1H3,(H,23,25). The lowest BCUT2D eigenvalue weighted by atomic mass is 10.1. The molecule has 4 rings (SSSR count). The van der Waals surface area contributed by atoms with Crippen LogP contribution in [0.25, 0.3) is 22.6 Å². The number of fused-ring (bicyclic) bond motifs is 1. The Balaban J connectivity index is 1.61. The Morgan fingerprint density at radius 2 is 1.93 bits per heavy atom. The van der Waals surface area contributed by atoms with Gasteiger partial charge in [-0.05, 0) is 48.5 Å². The first-order valence-electron chi connectivity index (χ1n) is 8.24. The first-order valence-corrected chi connectivity index (χ1v) is 8.62. The van der Waals surface area contributed by atoms with E-state index in [9.17, 15) is 4.79 Å². The summed E-state index contributed by atoms with van der Waals surface area (Å²) in [5.41, 5.74) is 3.25. The number of carbonyl (C=O) groups excluding carboxylic acids is 1. The molecule has 0 aliphatic rings. The van der Waals surface area contributed by atoms with E-state index in [0.29, 0.717) is 39.0 Å². The van der Waals surface area contributed by atoms with E-state index in [1.54, 1.807) is 37.4 Å². The summed E-state index contributed by atoms with van der Waals surface area (Å²) in [7, 11) is 1.61. The average molecular weight is 379 g/mol. The summed E-state index contributed by atoms with van der Waals surface area (Å²) in [5, 5.41) is 3.37. The molecule has 0 saturated carbocycles. The maximum atomic E-state index is 12.4. The highest BCUT2D eigenvalue weighted by molar-refractivity contribution is 6.31. The highest BCUT2D eigenvalue weighted by Gasteiger charge is 2.11. The molecule has 0 spiro atoms. The molecule has 27 heavy (non-hydrogen) atoms. The van der Waals surface area contributed by atoms with Gasteiger partial charge < -0.3 is 14.5 Å². The summed E-state index contributed by atoms with van der Waals surface area (Å²) in [6.07, 6.45) is 0. The molecular weight excluding hydrogens is 364 g/mol. The van der Waals surface area contributed by atoms with E-state index in [2.05, 4.69) is 10.3 Å². The van der Waals surface area contributed by atoms with Gasteiger partial charge in [0.05, 0.1) is 7.11 Å². The number of rotatable bonds is 4. The van der Waals surface area contributed by atoms with Crippen molar-refractivity contribution in [2.75, 3.05) is 12.4 Å². The van der Waals surface area contributed by atoms with Gasteiger partial charge in [0.1, 0.15) is 11.3 Å². The SMILES string of the molecule is COc1ccc2oc(-c3cccc(NC(=O)c4cccc(Cl)c4)c3)nc2c1. The molecule has 1 aromatic heterocycles. The van der Waals surface area contributed by atoms with Crippen molar-refractivity contribution in [3.05, 3.63) is 77.3 Å². The number of ether oxygens (including phenoxy) is 1. The lowest BCUT2D eigenvalue weighted by Crippen LogP contribution is -2.11. The zero-order valence-electron chi connectivity index (χ0n) is 14.4. The van der Waals surface area contributed by atoms with Gasteiger partial charge in [-0.25, -0.2) is 4.98 Å². The molecule has 3 aromatic carbocycles. The Bertz CT molecular complexity index is 1140. The van der Waals surface area contributed by atoms with Crippen molar-refractivity contribution in [2.45, 2.75) is 0 Å². The van der Waals surface area contributed by atoms with Crippen LogP contribution in [0, 0.1) is 0 Å². The maximum absolute atomic E-state index is 12.4. The van der Waals surface area contributed by atoms with Gasteiger partial charge in [-0.1, -0.05) is 23.7 Å². The predicted octanol–water partition coefficient (Wildman–Crippen LogP) is 5.41. The van der Waals surface area contributed by atoms with Crippen LogP contribution in [0.3, 0.4) is 0 Å². The molecule has 0 aliphatic carbocycles. The summed E-state index contributed by atoms with van der Waals surface area (Å²) in [4.78, 5) is 16.9. The largest absolute Gasteiger partial charge is 0.497 e. The van der Waals surface area contributed by atoms with Gasteiger partial charge in [0.15, 0.2) is 5.58 Å². The van der Waals surface area contributed by atoms with Crippen molar-refractivity contribution in [3.63, 3.8) is 0 Å². The zero-order valence-corrected chi connectivity index (χ0v) is 15.2. The molecule has 0 fully saturated rings. The summed E-state index contributed by atoms with van der Waals surface area (Å²) in [5.74, 6) is 0.943. The van der Waals surface area contributed by atoms with Crippen molar-refractivity contribution in [2.24, 2.45) is 0 Å². The summed E-state index contributed by atoms with van der Waals surface area (Å²) in [6, 6.07) is 19.6. The van der Waals surface area contributed by atoms with Gasteiger partial charge in [0.25, 0.3) is 5.91 Å². The van der Waals surface area contributed by atoms with Crippen LogP contribution in [0.5, 0.6) is 5.75 Å². The van der Waals surface area contributed by atoms with Crippen LogP contribution in [0.4, 0.5) is 5.69 Å². The monoisotopic (exact) mass is 378 g/mol. The second-order valence-corrected chi connectivity index (χ2v) is 6.33. The number of hydrogen-bond acceptors (Lipinski definition) is 4. The van der Waals surface area contributed by atoms with Gasteiger partial charge in [0.2, 0.25) is 5.89 Å². The number of methoxy groups -OCH3 is 1. The van der Waals surface area contributed by atoms with Crippen molar-refractivity contribution >= 4 is 34.3 Å². The minimum atomic E-state index is -0.239. The van der Waals surface area contributed by atoms with Crippen LogP contribution in [-0.2, 0) is 0 Å². The van der Waals surface area contributed by atoms with Crippen LogP contribution in [0.2, 0.25) is 5.02 Å². The number of nitrogens with one attached hydrogen (secondary N) is 1. The number of anilines is 1. The van der Waals surface area contributed by atoms with Gasteiger partial charge in [-0.2, -0.15) is 0 Å². The summed E-state index contributed by atoms with van der Waals surface area (Å²) in [6.45, 7) is 0. The highest BCUT2D eigenvalue weighted by Crippen LogP contribution is 2.28. The summed E-state index contributed by atoms with van der Waals surface area (Å²) >= 11 is 5.95. The molecule has 6 heteroatoms. The van der Waals surface area contributed by atoms with E-state index < -0.39 is 0 Å². The van der Waals surface area contributed by atoms with Crippen molar-refractivity contribution in [1.29, 1.82) is 0 Å². The molecule has 5 nitrogen and oxygen atoms in total. The normalized spacial score (nSPS) is 10.7. The highest BCUT2D eigenvalue weighted by atomic mass is 35.5. The Kier molecular flexibility index (Phi) is 4.52. The minimum Gasteiger partial charge on any atom is -0.497 e. The molecular formula is C21H15ClN2O3. The fraction of sp³-hybridized carbons (Fsp3) is 0.0476. The van der Waals surface area contributed by atoms with E-state index in [-0.39, 0.29) is 5.91 Å². The number of oxazole rings is 1. The average Bonchev–Trinajstić information content (AvgIpc) is 3.11. The Hall–Kier alpha value is -3.31. The molecule has 0 unspecified atom stereocenters. The third kappa shape index (κ3) is 3.64. The van der Waals surface area contributed by atoms with Gasteiger partial charge in [0, 0.05) is 27.9 Å². The molecule has 0 radical (unpaired) electrons. The maximum Gasteiger partial charge on any atom is 0.255 e. The van der Waals surface area contributed by atoms with Crippen LogP contribution >= 0.6 is 11.6 Å². The second kappa shape index (κ2) is 7.13. The molecule has 0 atom stereocenters. The molecule has 0 bridgehead atoms. The summed E-state index contributed by atoms with van der Waals surface area (Å²) < 4.78 is 11.0. The van der Waals surface area contributed by atoms with E-state index >= 15 is 0 Å². The van der Waals surface area contributed by atoms with Crippen LogP contribution in [0.1, 0.15) is 10.4 Å². The minimum absolute atomic E-state index is 0.239. The van der Waals surface area contributed by atoms with Crippen molar-refractivity contribution in [3.8, 4) is 17.2 Å². The first kappa shape index (κ1) is 17.1. The number of aromatic nitrogens is 1. The van der Waals surface area contributed by atoms with Crippen LogP contribution in [-0.4, -0.2) is 18.0 Å². The van der Waals surface area contributed by atoms with Gasteiger partial charge in [-0.3, -0.25) is 4.79 Å². The van der Waals surface area contributed by atoms with Gasteiger partial charge >= 0.3 is 0 Å². The Morgan fingerprint density at radius 3 is 2.74 bits per heavy atom. The van der Waals surface area contributed by atoms with E-state index in [0.717, 1.165) is 5.56 Å². The molecule has 0 saturated heterocycles. The Morgan fingerprint density at radius 1 is 1.07 bits per heavy atom. The van der Waals surface area contributed by atoms with Gasteiger partial charge in [-0.15, -0.1) is 0 Å². The number of nitrogens with zero attached hydrogens (tertiary/aromatic N) is 1. The molecule has 134 valence electrons. The smallest absolute Gasteiger partial charge is 0.255 e. The van der Waals surface area contributed by atoms with E-state index in [1.165, 1.54) is 0 Å². The third-order valence-electron chi connectivity index (χ3n) is 4.05. The fourth-order valence-corrected chi connectivity index (χ4v) is 2.91. The van der Waals surface area contributed by atoms with E-state index in [1.807, 2.05) is 36.4 Å². The molecule has 1 amide bonds. The third-order valence-corrected chi connectivity index (χ3v) is 4.28. The topological polar surface area (TPSA) is 64.4 Å². The molecule has 1 N–H and O–H groups in total. The fourth-order valence-electron chi connectivity index (χ4n) is 2.72. The first-order chi connectivity index (χ1) is 13.1. The van der Waals surface area contributed by atoms with Crippen molar-refractivity contribution in [1.82, 2.24) is 4.98 Å². The second-order valence-electron chi connectivity index (χ2n) is 5.90. The molecule has 0 aliphatic heterocycles. The number of halogens is 1. The lowest BCUT2D eigenvalue weighted by molar-refractivity contribution is 0.102. The molecule has 4 aromatic rings. The van der Waals surface area contributed by atoms with Crippen LogP contribution in [0.15, 0.2) is 71.1 Å². The quantitative estimate of drug-likeness (QED) is 0.515. The molecule has 1 heterocycles. The predicted molar refractivity (Wildman–Crippen MR) is 105 cm³/mol. The van der Waals surface area contributed by atoms with Crippen LogP contribution < -0.4 is 10.1 Å². The lowest BCUT2D eigenvalue weighted by Gasteiger charge is -2.06.